The van der Waals surface area contributed by atoms with Crippen LogP contribution in [0, 0.1) is 0 Å². The van der Waals surface area contributed by atoms with Crippen molar-refractivity contribution in [3.05, 3.63) is 12.3 Å². The summed E-state index contributed by atoms with van der Waals surface area (Å²) in [6.07, 6.45) is 7.62. The SMILES string of the molecule is CCCCCNC1C(=O)N2C=CCS[C@H]12. The Morgan fingerprint density at radius 1 is 1.60 bits per heavy atom. The van der Waals surface area contributed by atoms with Crippen LogP contribution in [-0.4, -0.2) is 34.5 Å². The number of carbonyl (C=O) groups is 1. The zero-order valence-electron chi connectivity index (χ0n) is 9.11. The second kappa shape index (κ2) is 5.03. The first-order valence-electron chi connectivity index (χ1n) is 5.68. The molecule has 1 saturated heterocycles. The zero-order valence-corrected chi connectivity index (χ0v) is 9.93. The third-order valence-electron chi connectivity index (χ3n) is 2.85. The van der Waals surface area contributed by atoms with Crippen molar-refractivity contribution in [2.45, 2.75) is 37.6 Å². The summed E-state index contributed by atoms with van der Waals surface area (Å²) in [7, 11) is 0. The first-order valence-corrected chi connectivity index (χ1v) is 6.73. The van der Waals surface area contributed by atoms with Gasteiger partial charge in [0.05, 0.1) is 0 Å². The molecule has 0 aromatic rings. The van der Waals surface area contributed by atoms with Crippen LogP contribution in [0.3, 0.4) is 0 Å². The van der Waals surface area contributed by atoms with Crippen LogP contribution >= 0.6 is 11.8 Å². The molecule has 1 N–H and O–H groups in total. The van der Waals surface area contributed by atoms with Gasteiger partial charge in [-0.2, -0.15) is 0 Å². The van der Waals surface area contributed by atoms with Gasteiger partial charge in [0.25, 0.3) is 0 Å². The lowest BCUT2D eigenvalue weighted by Gasteiger charge is -2.46. The number of rotatable bonds is 5. The molecule has 0 bridgehead atoms. The summed E-state index contributed by atoms with van der Waals surface area (Å²) >= 11 is 1.84. The van der Waals surface area contributed by atoms with Gasteiger partial charge in [0, 0.05) is 12.0 Å². The molecule has 1 unspecified atom stereocenters. The minimum absolute atomic E-state index is 0.0665. The summed E-state index contributed by atoms with van der Waals surface area (Å²) in [4.78, 5) is 13.5. The van der Waals surface area contributed by atoms with Crippen LogP contribution in [0.25, 0.3) is 0 Å². The van der Waals surface area contributed by atoms with Crippen LogP contribution in [0.5, 0.6) is 0 Å². The quantitative estimate of drug-likeness (QED) is 0.570. The molecule has 84 valence electrons. The molecule has 0 aliphatic carbocycles. The summed E-state index contributed by atoms with van der Waals surface area (Å²) in [5.41, 5.74) is 0. The highest BCUT2D eigenvalue weighted by atomic mass is 32.2. The number of hydrogen-bond acceptors (Lipinski definition) is 3. The number of thioether (sulfide) groups is 1. The van der Waals surface area contributed by atoms with Gasteiger partial charge in [-0.15, -0.1) is 11.8 Å². The Morgan fingerprint density at radius 2 is 2.47 bits per heavy atom. The van der Waals surface area contributed by atoms with E-state index < -0.39 is 0 Å². The molecule has 1 fully saturated rings. The van der Waals surface area contributed by atoms with Crippen molar-refractivity contribution < 1.29 is 4.79 Å². The monoisotopic (exact) mass is 226 g/mol. The Kier molecular flexibility index (Phi) is 3.70. The van der Waals surface area contributed by atoms with E-state index in [9.17, 15) is 4.79 Å². The van der Waals surface area contributed by atoms with Crippen molar-refractivity contribution in [3.8, 4) is 0 Å². The fourth-order valence-electron chi connectivity index (χ4n) is 1.95. The van der Waals surface area contributed by atoms with Gasteiger partial charge >= 0.3 is 0 Å². The van der Waals surface area contributed by atoms with Crippen molar-refractivity contribution in [1.29, 1.82) is 0 Å². The molecule has 4 heteroatoms. The lowest BCUT2D eigenvalue weighted by molar-refractivity contribution is -0.141. The van der Waals surface area contributed by atoms with Gasteiger partial charge in [-0.05, 0) is 13.0 Å². The number of β-lactam (4-membered cyclic amide) rings is 1. The highest BCUT2D eigenvalue weighted by Gasteiger charge is 2.46. The Labute approximate surface area is 95.3 Å². The molecule has 3 nitrogen and oxygen atoms in total. The van der Waals surface area contributed by atoms with Gasteiger partial charge in [0.15, 0.2) is 0 Å². The number of fused-ring (bicyclic) bond motifs is 1. The van der Waals surface area contributed by atoms with Crippen molar-refractivity contribution in [2.75, 3.05) is 12.3 Å². The Bertz CT molecular complexity index is 267. The normalized spacial score (nSPS) is 28.9. The number of hydrogen-bond donors (Lipinski definition) is 1. The molecular formula is C11H18N2OS. The second-order valence-electron chi connectivity index (χ2n) is 3.99. The van der Waals surface area contributed by atoms with E-state index in [1.165, 1.54) is 19.3 Å². The van der Waals surface area contributed by atoms with Crippen molar-refractivity contribution in [2.24, 2.45) is 0 Å². The molecule has 0 radical (unpaired) electrons. The van der Waals surface area contributed by atoms with Crippen molar-refractivity contribution in [1.82, 2.24) is 10.2 Å². The lowest BCUT2D eigenvalue weighted by atomic mass is 10.1. The molecule has 1 amide bonds. The molecule has 2 rings (SSSR count). The van der Waals surface area contributed by atoms with E-state index in [1.807, 2.05) is 28.9 Å². The average Bonchev–Trinajstić information content (AvgIpc) is 2.28. The van der Waals surface area contributed by atoms with Gasteiger partial charge < -0.3 is 10.2 Å². The van der Waals surface area contributed by atoms with E-state index >= 15 is 0 Å². The molecule has 0 aromatic carbocycles. The molecule has 2 atom stereocenters. The number of unbranched alkanes of at least 4 members (excludes halogenated alkanes) is 2. The van der Waals surface area contributed by atoms with Crippen LogP contribution in [0.4, 0.5) is 0 Å². The molecule has 2 aliphatic rings. The highest BCUT2D eigenvalue weighted by molar-refractivity contribution is 8.00. The summed E-state index contributed by atoms with van der Waals surface area (Å²) in [5.74, 6) is 1.27. The number of amides is 1. The third kappa shape index (κ3) is 2.21. The molecule has 0 spiro atoms. The van der Waals surface area contributed by atoms with Gasteiger partial charge in [-0.1, -0.05) is 25.8 Å². The van der Waals surface area contributed by atoms with Crippen LogP contribution in [0.15, 0.2) is 12.3 Å². The minimum Gasteiger partial charge on any atom is -0.303 e. The Morgan fingerprint density at radius 3 is 3.27 bits per heavy atom. The maximum absolute atomic E-state index is 11.7. The van der Waals surface area contributed by atoms with Gasteiger partial charge in [-0.25, -0.2) is 0 Å². The maximum atomic E-state index is 11.7. The largest absolute Gasteiger partial charge is 0.303 e. The smallest absolute Gasteiger partial charge is 0.247 e. The average molecular weight is 226 g/mol. The topological polar surface area (TPSA) is 32.3 Å². The Balaban J connectivity index is 1.75. The zero-order chi connectivity index (χ0) is 10.7. The van der Waals surface area contributed by atoms with Crippen LogP contribution < -0.4 is 5.32 Å². The summed E-state index contributed by atoms with van der Waals surface area (Å²) in [6, 6.07) is 0.0665. The number of nitrogens with one attached hydrogen (secondary N) is 1. The van der Waals surface area contributed by atoms with Crippen LogP contribution in [0.1, 0.15) is 26.2 Å². The number of carbonyl (C=O) groups excluding carboxylic acids is 1. The predicted molar refractivity (Wildman–Crippen MR) is 63.5 cm³/mol. The fourth-order valence-corrected chi connectivity index (χ4v) is 3.09. The molecule has 0 saturated carbocycles. The Hall–Kier alpha value is -0.480. The van der Waals surface area contributed by atoms with Gasteiger partial charge in [-0.3, -0.25) is 4.79 Å². The van der Waals surface area contributed by atoms with Gasteiger partial charge in [0.2, 0.25) is 5.91 Å². The lowest BCUT2D eigenvalue weighted by Crippen LogP contribution is -2.67. The molecule has 0 aromatic heterocycles. The van der Waals surface area contributed by atoms with E-state index in [0.29, 0.717) is 5.37 Å². The first-order chi connectivity index (χ1) is 7.34. The minimum atomic E-state index is 0.0665. The van der Waals surface area contributed by atoms with E-state index in [0.717, 1.165) is 12.3 Å². The molecule has 2 heterocycles. The summed E-state index contributed by atoms with van der Waals surface area (Å²) in [5, 5.41) is 3.71. The molecule has 15 heavy (non-hydrogen) atoms. The molecular weight excluding hydrogens is 208 g/mol. The predicted octanol–water partition coefficient (Wildman–Crippen LogP) is 1.56. The standard InChI is InChI=1S/C11H18N2OS/c1-2-3-4-6-12-9-10(14)13-7-5-8-15-11(9)13/h5,7,9,11-12H,2-4,6,8H2,1H3/t9?,11-/m1/s1. The first kappa shape index (κ1) is 11.0. The van der Waals surface area contributed by atoms with Crippen LogP contribution in [-0.2, 0) is 4.79 Å². The maximum Gasteiger partial charge on any atom is 0.247 e. The second-order valence-corrected chi connectivity index (χ2v) is 5.14. The highest BCUT2D eigenvalue weighted by Crippen LogP contribution is 2.33. The molecule has 2 aliphatic heterocycles. The third-order valence-corrected chi connectivity index (χ3v) is 4.08. The van der Waals surface area contributed by atoms with E-state index in [-0.39, 0.29) is 11.9 Å². The summed E-state index contributed by atoms with van der Waals surface area (Å²) in [6.45, 7) is 3.16. The van der Waals surface area contributed by atoms with E-state index in [4.69, 9.17) is 0 Å². The van der Waals surface area contributed by atoms with Gasteiger partial charge in [0.1, 0.15) is 11.4 Å². The van der Waals surface area contributed by atoms with Crippen LogP contribution in [0.2, 0.25) is 0 Å². The summed E-state index contributed by atoms with van der Waals surface area (Å²) < 4.78 is 0. The van der Waals surface area contributed by atoms with Crippen molar-refractivity contribution in [3.63, 3.8) is 0 Å². The number of nitrogens with zero attached hydrogens (tertiary/aromatic N) is 1. The fraction of sp³-hybridized carbons (Fsp3) is 0.727. The van der Waals surface area contributed by atoms with E-state index in [2.05, 4.69) is 12.2 Å². The van der Waals surface area contributed by atoms with Crippen molar-refractivity contribution >= 4 is 17.7 Å². The van der Waals surface area contributed by atoms with E-state index in [1.54, 1.807) is 0 Å².